The number of primary sulfonamides is 1. The number of piperidine rings is 11. The number of aromatic nitrogens is 4. The molecule has 13 aliphatic rings. The van der Waals surface area contributed by atoms with E-state index < -0.39 is 43.3 Å². The van der Waals surface area contributed by atoms with E-state index in [0.717, 1.165) is 244 Å². The van der Waals surface area contributed by atoms with E-state index in [4.69, 9.17) is 18.8 Å². The van der Waals surface area contributed by atoms with E-state index in [1.165, 1.54) is 57.4 Å². The van der Waals surface area contributed by atoms with E-state index in [0.29, 0.717) is 118 Å². The summed E-state index contributed by atoms with van der Waals surface area (Å²) in [6.07, 6.45) is 20.1. The smallest absolute Gasteiger partial charge is 0.450 e. The van der Waals surface area contributed by atoms with Crippen LogP contribution in [-0.2, 0) is 60.2 Å². The summed E-state index contributed by atoms with van der Waals surface area (Å²) in [5.74, 6) is 3.18. The van der Waals surface area contributed by atoms with Gasteiger partial charge in [0.25, 0.3) is 10.1 Å². The summed E-state index contributed by atoms with van der Waals surface area (Å²) in [6.45, 7) is 35.2. The van der Waals surface area contributed by atoms with Crippen molar-refractivity contribution in [1.29, 1.82) is 0 Å². The molecule has 39 heteroatoms. The second-order valence-electron chi connectivity index (χ2n) is 41.3. The maximum atomic E-state index is 12.1. The van der Waals surface area contributed by atoms with Gasteiger partial charge in [-0.3, -0.25) is 33.3 Å². The minimum atomic E-state index is -4.65. The number of carbonyl (C=O) groups is 6. The molecule has 13 aliphatic heterocycles. The van der Waals surface area contributed by atoms with Gasteiger partial charge < -0.3 is 88.4 Å². The minimum Gasteiger partial charge on any atom is -0.472 e. The zero-order valence-corrected chi connectivity index (χ0v) is 88.6. The topological polar surface area (TPSA) is 363 Å². The number of benzene rings is 1. The SMILES string of the molecule is CC(=O)C1CCN(C)CC1.CC(C)C(=O)C1CCN(C)CC1.CN1CCC(C(=O)C(F)(F)F)CC1.CN1CCC(C(=O)N2CCNCC2)CC1.CN1CCC(C(=O)N2CCOCC2)CC1.CN1CCC(N(C)C)CC1.CN1CCC(S(=O)(=O)O)CC1.CN1CCC(S(N)(=O)=O)CC1.CN1CCC(c2ccoc2)CC1.CN1CCC(c2nn[nH]n2)CC1.CN1CCCC(C(=O)NCc2ccccc2)C1. The third-order valence-electron chi connectivity index (χ3n) is 29.4. The highest BCUT2D eigenvalue weighted by atomic mass is 32.2. The van der Waals surface area contributed by atoms with E-state index in [-0.39, 0.29) is 28.9 Å². The fourth-order valence-electron chi connectivity index (χ4n) is 19.3. The number of ketones is 3. The van der Waals surface area contributed by atoms with Gasteiger partial charge in [0.2, 0.25) is 33.5 Å². The third kappa shape index (κ3) is 47.7. The highest BCUT2D eigenvalue weighted by Crippen LogP contribution is 2.31. The van der Waals surface area contributed by atoms with E-state index >= 15 is 0 Å². The molecule has 16 rings (SSSR count). The second kappa shape index (κ2) is 64.0. The molecule has 2 aromatic heterocycles. The zero-order valence-electron chi connectivity index (χ0n) is 87.0. The van der Waals surface area contributed by atoms with Gasteiger partial charge in [-0.2, -0.15) is 26.8 Å². The van der Waals surface area contributed by atoms with Gasteiger partial charge in [-0.05, 0) is 400 Å². The highest BCUT2D eigenvalue weighted by Gasteiger charge is 2.44. The van der Waals surface area contributed by atoms with Crippen LogP contribution in [0.5, 0.6) is 0 Å². The Bertz CT molecular complexity index is 3880. The molecule has 0 radical (unpaired) electrons. The Morgan fingerprint density at radius 1 is 0.486 bits per heavy atom. The molecule has 34 nitrogen and oxygen atoms in total. The summed E-state index contributed by atoms with van der Waals surface area (Å²) in [6, 6.07) is 13.0. The Balaban J connectivity index is 0.000000234. The van der Waals surface area contributed by atoms with Crippen LogP contribution in [0.1, 0.15) is 191 Å². The van der Waals surface area contributed by atoms with Crippen LogP contribution in [0, 0.1) is 41.4 Å². The van der Waals surface area contributed by atoms with Crippen LogP contribution in [0.2, 0.25) is 0 Å². The standard InChI is InChI=1S/C14H20N2O.C11H21N3O.C11H20N2O2.C10H15NO.C10H19NO.C8H12F3NO.C8H18N2.C8H15NO.C7H13N5.C6H14N2O2S.C6H13NO3S/c1-16-9-5-8-13(11-16)14(17)15-10-12-6-3-2-4-7-12;1-13-6-2-10(3-7-13)11(15)14-8-4-12-5-9-14;1-12-4-2-10(3-5-12)11(14)13-6-8-15-9-7-13;1-11-5-2-9(3-6-11)10-4-7-12-8-10;1-8(2)10(12)9-4-6-11(3)7-5-9;1-12-4-2-6(3-5-12)7(13)8(9,10)11;1-9(2)8-4-6-10(3)7-5-8;1-7(10)8-3-5-9(2)6-4-8;1-12-4-2-6(3-5-12)7-8-10-11-9-7;1-8-4-2-6(3-5-8)11(7,9)10;1-7-4-2-6(3-5-7)11(8,9)10/h2-4,6-7,13H,5,8-11H2,1H3,(H,15,17);10,12H,2-9H2,1H3;10H,2-9H2,1H3;4,7-9H,2-3,5-6H2,1H3;8-9H,4-7H2,1-3H3;6H,2-5H2,1H3;8H,4-7H2,1-3H3;8H,3-6H2,1-2H3;6H,2-5H2,1H3,(H,8,9,10,11);6H,2-5H2,1H3,(H2,7,9,10);6H,2-5H2,1H3,(H,8,9,10). The van der Waals surface area contributed by atoms with Gasteiger partial charge in [0.1, 0.15) is 11.6 Å². The van der Waals surface area contributed by atoms with Crippen molar-refractivity contribution < 1.29 is 72.5 Å². The van der Waals surface area contributed by atoms with Crippen LogP contribution in [-0.4, -0.2) is 456 Å². The number of nitrogens with zero attached hydrogens (tertiary/aromatic N) is 17. The molecule has 0 aliphatic carbocycles. The van der Waals surface area contributed by atoms with Crippen molar-refractivity contribution in [3.05, 3.63) is 65.9 Å². The number of likely N-dealkylation sites (tertiary alicyclic amines) is 11. The number of nitrogens with one attached hydrogen (secondary N) is 3. The molecule has 1 atom stereocenters. The summed E-state index contributed by atoms with van der Waals surface area (Å²) in [7, 11) is 20.2. The first-order valence-electron chi connectivity index (χ1n) is 51.2. The van der Waals surface area contributed by atoms with E-state index in [2.05, 4.69) is 162 Å². The largest absolute Gasteiger partial charge is 0.472 e. The first-order chi connectivity index (χ1) is 65.4. The maximum Gasteiger partial charge on any atom is 0.450 e. The Kier molecular flexibility index (Phi) is 56.0. The number of tetrazole rings is 1. The van der Waals surface area contributed by atoms with Crippen molar-refractivity contribution in [2.75, 3.05) is 288 Å². The predicted octanol–water partition coefficient (Wildman–Crippen LogP) is 7.60. The molecule has 6 N–H and O–H groups in total. The van der Waals surface area contributed by atoms with Gasteiger partial charge in [-0.15, -0.1) is 10.2 Å². The number of sulfonamides is 1. The van der Waals surface area contributed by atoms with E-state index in [9.17, 15) is 58.8 Å². The molecule has 3 aromatic rings. The Morgan fingerprint density at radius 2 is 0.877 bits per heavy atom. The van der Waals surface area contributed by atoms with Crippen LogP contribution in [0.4, 0.5) is 13.2 Å². The van der Waals surface area contributed by atoms with Crippen LogP contribution in [0.3, 0.4) is 0 Å². The number of carbonyl (C=O) groups excluding carboxylic acids is 6. The van der Waals surface area contributed by atoms with Crippen LogP contribution < -0.4 is 15.8 Å². The first-order valence-corrected chi connectivity index (χ1v) is 54.3. The lowest BCUT2D eigenvalue weighted by Gasteiger charge is -2.34. The Morgan fingerprint density at radius 3 is 1.25 bits per heavy atom. The monoisotopic (exact) mass is 1990 g/mol. The summed E-state index contributed by atoms with van der Waals surface area (Å²) in [4.78, 5) is 100. The van der Waals surface area contributed by atoms with Crippen LogP contribution >= 0.6 is 0 Å². The van der Waals surface area contributed by atoms with E-state index in [1.807, 2.05) is 86.3 Å². The number of hydrogen-bond acceptors (Lipinski definition) is 28. The first kappa shape index (κ1) is 121. The predicted molar refractivity (Wildman–Crippen MR) is 540 cm³/mol. The Labute approximate surface area is 826 Å². The zero-order chi connectivity index (χ0) is 101. The molecule has 138 heavy (non-hydrogen) atoms. The normalized spacial score (nSPS) is 23.0. The number of furan rings is 1. The van der Waals surface area contributed by atoms with Crippen molar-refractivity contribution in [3.63, 3.8) is 0 Å². The van der Waals surface area contributed by atoms with Gasteiger partial charge >= 0.3 is 6.18 Å². The number of alkyl halides is 3. The van der Waals surface area contributed by atoms with Crippen molar-refractivity contribution in [1.82, 2.24) is 99.9 Å². The average Bonchev–Trinajstić information content (AvgIpc) is 1.15. The van der Waals surface area contributed by atoms with Crippen molar-refractivity contribution in [2.24, 2.45) is 46.6 Å². The van der Waals surface area contributed by atoms with Gasteiger partial charge in [0.15, 0.2) is 5.82 Å². The number of ether oxygens (including phenoxy) is 1. The highest BCUT2D eigenvalue weighted by molar-refractivity contribution is 7.89. The second-order valence-corrected chi connectivity index (χ2v) is 44.9. The number of nitrogens with two attached hydrogens (primary N) is 1. The lowest BCUT2D eigenvalue weighted by molar-refractivity contribution is -0.176. The molecule has 1 unspecified atom stereocenters. The molecule has 0 saturated carbocycles. The van der Waals surface area contributed by atoms with Crippen molar-refractivity contribution in [2.45, 2.75) is 203 Å². The summed E-state index contributed by atoms with van der Waals surface area (Å²) in [5.41, 5.74) is 2.54. The number of halogens is 3. The van der Waals surface area contributed by atoms with Gasteiger partial charge in [0.05, 0.1) is 42.2 Å². The number of Topliss-reactive ketones (excluding diaryl/α,β-unsaturated/α-hetero) is 3. The maximum absolute atomic E-state index is 12.1. The lowest BCUT2D eigenvalue weighted by atomic mass is 9.87. The number of piperazine rings is 1. The molecule has 3 amide bonds. The fraction of sp³-hybridized carbons (Fsp3) is 0.828. The molecule has 0 bridgehead atoms. The minimum absolute atomic E-state index is 0.164. The third-order valence-corrected chi connectivity index (χ3v) is 32.1. The van der Waals surface area contributed by atoms with Crippen molar-refractivity contribution in [3.8, 4) is 0 Å². The quantitative estimate of drug-likeness (QED) is 0.0969. The molecule has 13 saturated heterocycles. The molecule has 0 spiro atoms. The number of amides is 3. The summed E-state index contributed by atoms with van der Waals surface area (Å²) < 4.78 is 97.9. The van der Waals surface area contributed by atoms with Gasteiger partial charge in [-0.1, -0.05) is 49.4 Å². The molecular weight excluding hydrogens is 1810 g/mol. The molecule has 15 heterocycles. The Hall–Kier alpha value is -5.96. The average molecular weight is 1990 g/mol. The molecular formula is C99H180F3N21O13S2. The number of rotatable bonds is 14. The van der Waals surface area contributed by atoms with E-state index in [1.54, 1.807) is 13.2 Å². The lowest BCUT2D eigenvalue weighted by Crippen LogP contribution is -2.49. The number of morpholine rings is 1. The van der Waals surface area contributed by atoms with Crippen LogP contribution in [0.15, 0.2) is 53.3 Å². The number of aromatic amines is 1. The molecule has 792 valence electrons. The molecule has 1 aromatic carbocycles. The molecule has 13 fully saturated rings. The van der Waals surface area contributed by atoms with Gasteiger partial charge in [-0.25, -0.2) is 13.6 Å². The van der Waals surface area contributed by atoms with Crippen LogP contribution in [0.25, 0.3) is 0 Å². The van der Waals surface area contributed by atoms with Gasteiger partial charge in [0, 0.05) is 99.8 Å². The summed E-state index contributed by atoms with van der Waals surface area (Å²) in [5, 5.41) is 24.5. The number of H-pyrrole nitrogens is 1. The fourth-order valence-corrected chi connectivity index (χ4v) is 20.9. The van der Waals surface area contributed by atoms with Crippen molar-refractivity contribution >= 4 is 55.2 Å². The number of hydrogen-bond donors (Lipinski definition) is 5. The summed E-state index contributed by atoms with van der Waals surface area (Å²) >= 11 is 0.